The number of likely N-dealkylation sites (N-methyl/N-ethyl adjacent to an activating group) is 1. The SMILES string of the molecule is CC[C@H](C(=O)NC)N(Cc1ccc(Cl)c(Cl)c1)C(=O)CN(c1cc(C)cc(C)c1)S(=O)(=O)c1ccc(C)cc1. The van der Waals surface area contributed by atoms with Gasteiger partial charge in [-0.25, -0.2) is 8.42 Å². The van der Waals surface area contributed by atoms with Gasteiger partial charge in [0.25, 0.3) is 10.0 Å². The normalized spacial score (nSPS) is 12.1. The topological polar surface area (TPSA) is 86.8 Å². The second-order valence-electron chi connectivity index (χ2n) is 9.48. The number of halogens is 2. The smallest absolute Gasteiger partial charge is 0.264 e. The molecule has 2 amide bonds. The quantitative estimate of drug-likeness (QED) is 0.330. The highest BCUT2D eigenvalue weighted by Crippen LogP contribution is 2.28. The van der Waals surface area contributed by atoms with Crippen LogP contribution in [0.4, 0.5) is 5.69 Å². The molecule has 0 fully saturated rings. The molecule has 0 saturated heterocycles. The molecule has 39 heavy (non-hydrogen) atoms. The van der Waals surface area contributed by atoms with E-state index in [0.29, 0.717) is 27.7 Å². The summed E-state index contributed by atoms with van der Waals surface area (Å²) in [5, 5.41) is 3.28. The molecule has 0 aliphatic carbocycles. The Morgan fingerprint density at radius 2 is 1.49 bits per heavy atom. The summed E-state index contributed by atoms with van der Waals surface area (Å²) >= 11 is 12.3. The molecule has 0 aliphatic rings. The van der Waals surface area contributed by atoms with E-state index in [4.69, 9.17) is 23.2 Å². The van der Waals surface area contributed by atoms with Gasteiger partial charge in [0, 0.05) is 13.6 Å². The van der Waals surface area contributed by atoms with E-state index in [0.717, 1.165) is 21.0 Å². The third-order valence-electron chi connectivity index (χ3n) is 6.35. The first-order valence-corrected chi connectivity index (χ1v) is 14.7. The van der Waals surface area contributed by atoms with E-state index in [1.54, 1.807) is 49.4 Å². The third-order valence-corrected chi connectivity index (χ3v) is 8.88. The third kappa shape index (κ3) is 7.32. The van der Waals surface area contributed by atoms with Crippen molar-refractivity contribution in [3.8, 4) is 0 Å². The molecule has 0 spiro atoms. The molecule has 0 heterocycles. The lowest BCUT2D eigenvalue weighted by Gasteiger charge is -2.33. The van der Waals surface area contributed by atoms with Crippen LogP contribution < -0.4 is 9.62 Å². The molecule has 3 rings (SSSR count). The molecule has 208 valence electrons. The maximum atomic E-state index is 14.0. The summed E-state index contributed by atoms with van der Waals surface area (Å²) in [7, 11) is -2.63. The van der Waals surface area contributed by atoms with E-state index in [1.165, 1.54) is 24.1 Å². The van der Waals surface area contributed by atoms with Crippen LogP contribution in [0.15, 0.2) is 65.6 Å². The first kappa shape index (κ1) is 30.5. The first-order valence-electron chi connectivity index (χ1n) is 12.5. The average molecular weight is 591 g/mol. The summed E-state index contributed by atoms with van der Waals surface area (Å²) < 4.78 is 29.0. The van der Waals surface area contributed by atoms with Crippen molar-refractivity contribution in [1.82, 2.24) is 10.2 Å². The Kier molecular flexibility index (Phi) is 10.0. The lowest BCUT2D eigenvalue weighted by atomic mass is 10.1. The second-order valence-corrected chi connectivity index (χ2v) is 12.2. The van der Waals surface area contributed by atoms with E-state index < -0.39 is 28.5 Å². The Morgan fingerprint density at radius 1 is 0.872 bits per heavy atom. The number of carbonyl (C=O) groups excluding carboxylic acids is 2. The fourth-order valence-corrected chi connectivity index (χ4v) is 6.10. The molecule has 1 N–H and O–H groups in total. The largest absolute Gasteiger partial charge is 0.357 e. The Hall–Kier alpha value is -3.07. The van der Waals surface area contributed by atoms with Crippen molar-refractivity contribution >= 4 is 50.7 Å². The number of rotatable bonds is 10. The standard InChI is InChI=1S/C29H33Cl2N3O4S/c1-6-27(29(36)32-5)33(17-22-9-12-25(30)26(31)16-22)28(35)18-34(23-14-20(3)13-21(4)15-23)39(37,38)24-10-7-19(2)8-11-24/h7-16,27H,6,17-18H2,1-5H3,(H,32,36)/t27-/m1/s1. The monoisotopic (exact) mass is 589 g/mol. The maximum absolute atomic E-state index is 14.0. The molecule has 0 aliphatic heterocycles. The minimum absolute atomic E-state index is 0.0346. The van der Waals surface area contributed by atoms with Gasteiger partial charge in [-0.1, -0.05) is 60.0 Å². The van der Waals surface area contributed by atoms with Gasteiger partial charge in [-0.15, -0.1) is 0 Å². The van der Waals surface area contributed by atoms with E-state index in [2.05, 4.69) is 5.32 Å². The number of sulfonamides is 1. The molecule has 3 aromatic carbocycles. The maximum Gasteiger partial charge on any atom is 0.264 e. The van der Waals surface area contributed by atoms with E-state index in [9.17, 15) is 18.0 Å². The van der Waals surface area contributed by atoms with Gasteiger partial charge >= 0.3 is 0 Å². The average Bonchev–Trinajstić information content (AvgIpc) is 2.88. The van der Waals surface area contributed by atoms with Crippen LogP contribution in [-0.4, -0.2) is 44.8 Å². The van der Waals surface area contributed by atoms with Crippen LogP contribution in [0.5, 0.6) is 0 Å². The van der Waals surface area contributed by atoms with Gasteiger partial charge in [-0.05, 0) is 80.3 Å². The van der Waals surface area contributed by atoms with Crippen molar-refractivity contribution in [3.05, 3.63) is 93.0 Å². The summed E-state index contributed by atoms with van der Waals surface area (Å²) in [4.78, 5) is 28.3. The summed E-state index contributed by atoms with van der Waals surface area (Å²) in [5.41, 5.74) is 3.63. The Labute approximate surface area is 240 Å². The van der Waals surface area contributed by atoms with Gasteiger partial charge in [0.1, 0.15) is 12.6 Å². The minimum atomic E-state index is -4.13. The van der Waals surface area contributed by atoms with Crippen LogP contribution >= 0.6 is 23.2 Å². The predicted molar refractivity (Wildman–Crippen MR) is 157 cm³/mol. The number of benzene rings is 3. The van der Waals surface area contributed by atoms with Crippen LogP contribution in [-0.2, 0) is 26.2 Å². The fraction of sp³-hybridized carbons (Fsp3) is 0.310. The molecule has 0 aromatic heterocycles. The van der Waals surface area contributed by atoms with Gasteiger partial charge in [-0.3, -0.25) is 13.9 Å². The number of amides is 2. The van der Waals surface area contributed by atoms with Gasteiger partial charge in [0.15, 0.2) is 0 Å². The summed E-state index contributed by atoms with van der Waals surface area (Å²) in [6.45, 7) is 6.92. The van der Waals surface area contributed by atoms with Crippen molar-refractivity contribution in [3.63, 3.8) is 0 Å². The van der Waals surface area contributed by atoms with Crippen LogP contribution in [0.1, 0.15) is 35.6 Å². The highest BCUT2D eigenvalue weighted by molar-refractivity contribution is 7.92. The van der Waals surface area contributed by atoms with Gasteiger partial charge < -0.3 is 10.2 Å². The summed E-state index contributed by atoms with van der Waals surface area (Å²) in [5.74, 6) is -0.892. The van der Waals surface area contributed by atoms with Crippen molar-refractivity contribution in [1.29, 1.82) is 0 Å². The number of hydrogen-bond donors (Lipinski definition) is 1. The van der Waals surface area contributed by atoms with Crippen LogP contribution in [0, 0.1) is 20.8 Å². The first-order chi connectivity index (χ1) is 18.4. The summed E-state index contributed by atoms with van der Waals surface area (Å²) in [6.07, 6.45) is 0.320. The molecule has 0 saturated carbocycles. The van der Waals surface area contributed by atoms with Crippen molar-refractivity contribution in [2.45, 2.75) is 51.6 Å². The molecule has 7 nitrogen and oxygen atoms in total. The van der Waals surface area contributed by atoms with E-state index >= 15 is 0 Å². The molecular weight excluding hydrogens is 557 g/mol. The number of aryl methyl sites for hydroxylation is 3. The molecule has 10 heteroatoms. The van der Waals surface area contributed by atoms with Crippen LogP contribution in [0.2, 0.25) is 10.0 Å². The lowest BCUT2D eigenvalue weighted by Crippen LogP contribution is -2.51. The zero-order chi connectivity index (χ0) is 28.9. The highest BCUT2D eigenvalue weighted by Gasteiger charge is 2.33. The Balaban J connectivity index is 2.10. The van der Waals surface area contributed by atoms with Gasteiger partial charge in [0.2, 0.25) is 11.8 Å². The molecule has 0 bridgehead atoms. The zero-order valence-corrected chi connectivity index (χ0v) is 25.0. The van der Waals surface area contributed by atoms with Gasteiger partial charge in [-0.2, -0.15) is 0 Å². The zero-order valence-electron chi connectivity index (χ0n) is 22.7. The van der Waals surface area contributed by atoms with Crippen LogP contribution in [0.3, 0.4) is 0 Å². The van der Waals surface area contributed by atoms with E-state index in [-0.39, 0.29) is 17.3 Å². The molecule has 1 atom stereocenters. The predicted octanol–water partition coefficient (Wildman–Crippen LogP) is 5.67. The fourth-order valence-electron chi connectivity index (χ4n) is 4.38. The van der Waals surface area contributed by atoms with E-state index in [1.807, 2.05) is 26.8 Å². The Morgan fingerprint density at radius 3 is 2.03 bits per heavy atom. The molecular formula is C29H33Cl2N3O4S. The number of nitrogens with zero attached hydrogens (tertiary/aromatic N) is 2. The Bertz CT molecular complexity index is 1440. The second kappa shape index (κ2) is 12.9. The molecule has 0 radical (unpaired) electrons. The molecule has 3 aromatic rings. The van der Waals surface area contributed by atoms with Crippen LogP contribution in [0.25, 0.3) is 0 Å². The number of hydrogen-bond acceptors (Lipinski definition) is 4. The molecule has 0 unspecified atom stereocenters. The van der Waals surface area contributed by atoms with Crippen molar-refractivity contribution in [2.24, 2.45) is 0 Å². The number of nitrogens with one attached hydrogen (secondary N) is 1. The summed E-state index contributed by atoms with van der Waals surface area (Å²) in [6, 6.07) is 16.0. The lowest BCUT2D eigenvalue weighted by molar-refractivity contribution is -0.140. The number of carbonyl (C=O) groups is 2. The van der Waals surface area contributed by atoms with Gasteiger partial charge in [0.05, 0.1) is 20.6 Å². The highest BCUT2D eigenvalue weighted by atomic mass is 35.5. The minimum Gasteiger partial charge on any atom is -0.357 e. The van der Waals surface area contributed by atoms with Crippen molar-refractivity contribution < 1.29 is 18.0 Å². The van der Waals surface area contributed by atoms with Crippen molar-refractivity contribution in [2.75, 3.05) is 17.9 Å². The number of anilines is 1.